The number of rotatable bonds is 13. The Kier molecular flexibility index (Phi) is 9.50. The maximum Gasteiger partial charge on any atom is 0.407 e. The van der Waals surface area contributed by atoms with Gasteiger partial charge in [-0.15, -0.1) is 0 Å². The monoisotopic (exact) mass is 466 g/mol. The van der Waals surface area contributed by atoms with Crippen molar-refractivity contribution in [3.05, 3.63) is 59.7 Å². The first-order chi connectivity index (χ1) is 16.5. The number of amides is 2. The number of aliphatic carboxylic acids is 1. The van der Waals surface area contributed by atoms with E-state index in [1.165, 1.54) is 11.1 Å². The third-order valence-corrected chi connectivity index (χ3v) is 6.23. The number of fused-ring (bicyclic) bond motifs is 3. The summed E-state index contributed by atoms with van der Waals surface area (Å²) in [5, 5.41) is 14.3. The molecular weight excluding hydrogens is 432 g/mol. The van der Waals surface area contributed by atoms with Gasteiger partial charge in [0.25, 0.3) is 0 Å². The largest absolute Gasteiger partial charge is 0.481 e. The number of benzene rings is 2. The minimum Gasteiger partial charge on any atom is -0.481 e. The second-order valence-electron chi connectivity index (χ2n) is 8.69. The lowest BCUT2D eigenvalue weighted by Crippen LogP contribution is -2.39. The van der Waals surface area contributed by atoms with Gasteiger partial charge in [0.15, 0.2) is 0 Å². The Morgan fingerprint density at radius 2 is 1.56 bits per heavy atom. The molecule has 0 aromatic heterocycles. The van der Waals surface area contributed by atoms with E-state index in [4.69, 9.17) is 9.84 Å². The van der Waals surface area contributed by atoms with Crippen LogP contribution in [0.5, 0.6) is 0 Å². The summed E-state index contributed by atoms with van der Waals surface area (Å²) in [6.45, 7) is 2.71. The predicted octanol–water partition coefficient (Wildman–Crippen LogP) is 4.85. The standard InChI is InChI=1S/C27H34N2O5/c1-2-19(17-25(30)28-16-10-4-3-5-15-26(31)32)29-27(33)34-18-24-22-13-8-6-11-20(22)21-12-7-9-14-23(21)24/h6-9,11-14,19,24H,2-5,10,15-18H2,1H3,(H,28,30)(H,29,33)(H,31,32)/t19-/m0/s1. The molecule has 2 amide bonds. The molecule has 0 fully saturated rings. The Hall–Kier alpha value is -3.35. The van der Waals surface area contributed by atoms with Crippen molar-refractivity contribution in [3.8, 4) is 11.1 Å². The van der Waals surface area contributed by atoms with Crippen LogP contribution in [0.15, 0.2) is 48.5 Å². The quantitative estimate of drug-likeness (QED) is 0.366. The average Bonchev–Trinajstić information content (AvgIpc) is 3.15. The third kappa shape index (κ3) is 7.07. The van der Waals surface area contributed by atoms with Crippen molar-refractivity contribution in [1.82, 2.24) is 10.6 Å². The van der Waals surface area contributed by atoms with Crippen molar-refractivity contribution >= 4 is 18.0 Å². The van der Waals surface area contributed by atoms with Crippen LogP contribution in [0.3, 0.4) is 0 Å². The normalized spacial score (nSPS) is 13.0. The Morgan fingerprint density at radius 1 is 0.941 bits per heavy atom. The molecule has 0 unspecified atom stereocenters. The predicted molar refractivity (Wildman–Crippen MR) is 131 cm³/mol. The SMILES string of the molecule is CC[C@@H](CC(=O)NCCCCCCC(=O)O)NC(=O)OCC1c2ccccc2-c2ccccc21. The zero-order valence-electron chi connectivity index (χ0n) is 19.7. The molecule has 0 saturated heterocycles. The molecule has 0 saturated carbocycles. The molecule has 1 aliphatic rings. The molecule has 0 spiro atoms. The first-order valence-corrected chi connectivity index (χ1v) is 12.1. The summed E-state index contributed by atoms with van der Waals surface area (Å²) in [5.74, 6) is -0.892. The molecule has 2 aromatic rings. The zero-order chi connectivity index (χ0) is 24.3. The number of carboxylic acids is 1. The van der Waals surface area contributed by atoms with E-state index < -0.39 is 12.1 Å². The molecule has 7 nitrogen and oxygen atoms in total. The molecule has 34 heavy (non-hydrogen) atoms. The molecule has 0 bridgehead atoms. The lowest BCUT2D eigenvalue weighted by atomic mass is 9.98. The summed E-state index contributed by atoms with van der Waals surface area (Å²) in [6, 6.07) is 16.1. The lowest BCUT2D eigenvalue weighted by Gasteiger charge is -2.19. The minimum absolute atomic E-state index is 0.00276. The first kappa shape index (κ1) is 25.3. The van der Waals surface area contributed by atoms with Crippen LogP contribution >= 0.6 is 0 Å². The van der Waals surface area contributed by atoms with Gasteiger partial charge in [-0.25, -0.2) is 4.79 Å². The van der Waals surface area contributed by atoms with E-state index in [0.29, 0.717) is 19.4 Å². The molecular formula is C27H34N2O5. The van der Waals surface area contributed by atoms with E-state index in [-0.39, 0.29) is 37.3 Å². The highest BCUT2D eigenvalue weighted by Crippen LogP contribution is 2.44. The van der Waals surface area contributed by atoms with Gasteiger partial charge >= 0.3 is 12.1 Å². The van der Waals surface area contributed by atoms with E-state index in [9.17, 15) is 14.4 Å². The summed E-state index contributed by atoms with van der Waals surface area (Å²) in [6.07, 6.45) is 3.66. The van der Waals surface area contributed by atoms with Crippen LogP contribution in [0, 0.1) is 0 Å². The van der Waals surface area contributed by atoms with Crippen LogP contribution in [0.1, 0.15) is 68.9 Å². The van der Waals surface area contributed by atoms with Gasteiger partial charge in [0.2, 0.25) is 5.91 Å². The smallest absolute Gasteiger partial charge is 0.407 e. The summed E-state index contributed by atoms with van der Waals surface area (Å²) < 4.78 is 5.58. The van der Waals surface area contributed by atoms with Gasteiger partial charge in [0, 0.05) is 31.3 Å². The van der Waals surface area contributed by atoms with E-state index in [2.05, 4.69) is 34.9 Å². The Morgan fingerprint density at radius 3 is 2.18 bits per heavy atom. The Balaban J connectivity index is 1.40. The van der Waals surface area contributed by atoms with Crippen molar-refractivity contribution in [1.29, 1.82) is 0 Å². The van der Waals surface area contributed by atoms with Crippen LogP contribution in [-0.2, 0) is 14.3 Å². The van der Waals surface area contributed by atoms with Crippen molar-refractivity contribution in [2.75, 3.05) is 13.2 Å². The Bertz CT molecular complexity index is 945. The number of carbonyl (C=O) groups excluding carboxylic acids is 2. The molecule has 2 aromatic carbocycles. The highest BCUT2D eigenvalue weighted by Gasteiger charge is 2.29. The molecule has 1 atom stereocenters. The highest BCUT2D eigenvalue weighted by molar-refractivity contribution is 5.79. The van der Waals surface area contributed by atoms with Crippen LogP contribution in [0.4, 0.5) is 4.79 Å². The van der Waals surface area contributed by atoms with Crippen LogP contribution in [0.25, 0.3) is 11.1 Å². The summed E-state index contributed by atoms with van der Waals surface area (Å²) in [4.78, 5) is 35.2. The zero-order valence-corrected chi connectivity index (χ0v) is 19.7. The molecule has 3 N–H and O–H groups in total. The van der Waals surface area contributed by atoms with Gasteiger partial charge < -0.3 is 20.5 Å². The number of carboxylic acid groups (broad SMARTS) is 1. The fourth-order valence-corrected chi connectivity index (χ4v) is 4.38. The maximum absolute atomic E-state index is 12.5. The van der Waals surface area contributed by atoms with E-state index in [1.807, 2.05) is 31.2 Å². The van der Waals surface area contributed by atoms with Gasteiger partial charge in [-0.1, -0.05) is 68.3 Å². The molecule has 0 aliphatic heterocycles. The second-order valence-corrected chi connectivity index (χ2v) is 8.69. The van der Waals surface area contributed by atoms with Crippen LogP contribution in [-0.4, -0.2) is 42.3 Å². The van der Waals surface area contributed by atoms with Gasteiger partial charge in [-0.2, -0.15) is 0 Å². The minimum atomic E-state index is -0.775. The Labute approximate surface area is 200 Å². The van der Waals surface area contributed by atoms with Crippen molar-refractivity contribution in [2.24, 2.45) is 0 Å². The van der Waals surface area contributed by atoms with Crippen molar-refractivity contribution in [2.45, 2.75) is 63.8 Å². The molecule has 7 heteroatoms. The number of hydrogen-bond donors (Lipinski definition) is 3. The third-order valence-electron chi connectivity index (χ3n) is 6.23. The van der Waals surface area contributed by atoms with E-state index in [1.54, 1.807) is 0 Å². The van der Waals surface area contributed by atoms with Crippen LogP contribution in [0.2, 0.25) is 0 Å². The fraction of sp³-hybridized carbons (Fsp3) is 0.444. The molecule has 0 radical (unpaired) electrons. The van der Waals surface area contributed by atoms with E-state index >= 15 is 0 Å². The molecule has 182 valence electrons. The van der Waals surface area contributed by atoms with Crippen LogP contribution < -0.4 is 10.6 Å². The van der Waals surface area contributed by atoms with Gasteiger partial charge in [-0.05, 0) is 41.5 Å². The fourth-order valence-electron chi connectivity index (χ4n) is 4.38. The molecule has 3 rings (SSSR count). The lowest BCUT2D eigenvalue weighted by molar-refractivity contribution is -0.137. The number of ether oxygens (including phenoxy) is 1. The number of nitrogens with one attached hydrogen (secondary N) is 2. The second kappa shape index (κ2) is 12.8. The highest BCUT2D eigenvalue weighted by atomic mass is 16.5. The van der Waals surface area contributed by atoms with Gasteiger partial charge in [0.1, 0.15) is 6.61 Å². The summed E-state index contributed by atoms with van der Waals surface area (Å²) in [5.41, 5.74) is 4.67. The molecule has 1 aliphatic carbocycles. The van der Waals surface area contributed by atoms with Gasteiger partial charge in [-0.3, -0.25) is 9.59 Å². The van der Waals surface area contributed by atoms with Gasteiger partial charge in [0.05, 0.1) is 0 Å². The van der Waals surface area contributed by atoms with Crippen molar-refractivity contribution < 1.29 is 24.2 Å². The number of hydrogen-bond acceptors (Lipinski definition) is 4. The first-order valence-electron chi connectivity index (χ1n) is 12.1. The summed E-state index contributed by atoms with van der Waals surface area (Å²) in [7, 11) is 0. The topological polar surface area (TPSA) is 105 Å². The average molecular weight is 467 g/mol. The summed E-state index contributed by atoms with van der Waals surface area (Å²) >= 11 is 0. The number of unbranched alkanes of at least 4 members (excludes halogenated alkanes) is 3. The molecule has 0 heterocycles. The van der Waals surface area contributed by atoms with E-state index in [0.717, 1.165) is 30.4 Å². The number of alkyl carbamates (subject to hydrolysis) is 1. The van der Waals surface area contributed by atoms with Crippen molar-refractivity contribution in [3.63, 3.8) is 0 Å². The maximum atomic E-state index is 12.5. The number of carbonyl (C=O) groups is 3.